The van der Waals surface area contributed by atoms with E-state index in [0.29, 0.717) is 5.16 Å². The molecule has 2 N–H and O–H groups in total. The number of amides is 1. The Morgan fingerprint density at radius 3 is 2.50 bits per heavy atom. The quantitative estimate of drug-likeness (QED) is 0.480. The van der Waals surface area contributed by atoms with Gasteiger partial charge in [-0.1, -0.05) is 25.6 Å². The van der Waals surface area contributed by atoms with Gasteiger partial charge in [0.15, 0.2) is 5.16 Å². The zero-order valence-electron chi connectivity index (χ0n) is 13.5. The van der Waals surface area contributed by atoms with Crippen LogP contribution >= 0.6 is 11.8 Å². The number of thioether (sulfide) groups is 1. The molecule has 1 aromatic rings. The second-order valence-electron chi connectivity index (χ2n) is 5.19. The molecule has 0 aliphatic carbocycles. The molecule has 1 aromatic heterocycles. The van der Waals surface area contributed by atoms with Gasteiger partial charge in [-0.05, 0) is 12.8 Å². The maximum Gasteiger partial charge on any atom is 0.343 e. The number of esters is 1. The lowest BCUT2D eigenvalue weighted by molar-refractivity contribution is -0.128. The third-order valence-electron chi connectivity index (χ3n) is 2.81. The van der Waals surface area contributed by atoms with Gasteiger partial charge in [-0.2, -0.15) is 0 Å². The predicted molar refractivity (Wildman–Crippen MR) is 85.6 cm³/mol. The lowest BCUT2D eigenvalue weighted by atomic mass is 10.1. The first-order valence-electron chi connectivity index (χ1n) is 6.95. The first-order valence-corrected chi connectivity index (χ1v) is 7.83. The van der Waals surface area contributed by atoms with Crippen molar-refractivity contribution in [1.29, 1.82) is 0 Å². The van der Waals surface area contributed by atoms with Crippen LogP contribution in [0, 0.1) is 5.92 Å². The van der Waals surface area contributed by atoms with Gasteiger partial charge in [0.1, 0.15) is 11.4 Å². The summed E-state index contributed by atoms with van der Waals surface area (Å²) in [5.41, 5.74) is 5.91. The molecule has 1 atom stereocenters. The highest BCUT2D eigenvalue weighted by atomic mass is 32.2. The molecule has 0 saturated heterocycles. The van der Waals surface area contributed by atoms with Gasteiger partial charge in [-0.15, -0.1) is 0 Å². The average molecular weight is 326 g/mol. The maximum atomic E-state index is 12.2. The number of rotatable bonds is 6. The molecule has 8 heteroatoms. The highest BCUT2D eigenvalue weighted by molar-refractivity contribution is 8.00. The normalized spacial score (nSPS) is 12.1. The highest BCUT2D eigenvalue weighted by Gasteiger charge is 2.26. The Morgan fingerprint density at radius 1 is 1.41 bits per heavy atom. The van der Waals surface area contributed by atoms with Crippen molar-refractivity contribution in [3.63, 3.8) is 0 Å². The van der Waals surface area contributed by atoms with E-state index in [-0.39, 0.29) is 35.1 Å². The number of carbonyl (C=O) groups excluding carboxylic acids is 2. The fraction of sp³-hybridized carbons (Fsp3) is 0.571. The molecule has 0 radical (unpaired) electrons. The molecule has 1 amide bonds. The number of hydrogen-bond acceptors (Lipinski definition) is 7. The summed E-state index contributed by atoms with van der Waals surface area (Å²) in [6.45, 7) is 5.87. The summed E-state index contributed by atoms with van der Waals surface area (Å²) in [5, 5.41) is 0.0438. The van der Waals surface area contributed by atoms with Crippen LogP contribution in [0.15, 0.2) is 11.4 Å². The zero-order chi connectivity index (χ0) is 16.9. The first kappa shape index (κ1) is 18.2. The van der Waals surface area contributed by atoms with Crippen molar-refractivity contribution in [3.8, 4) is 0 Å². The van der Waals surface area contributed by atoms with E-state index in [9.17, 15) is 9.59 Å². The van der Waals surface area contributed by atoms with Crippen molar-refractivity contribution < 1.29 is 14.3 Å². The monoisotopic (exact) mass is 326 g/mol. The molecule has 22 heavy (non-hydrogen) atoms. The van der Waals surface area contributed by atoms with Crippen LogP contribution in [0.1, 0.15) is 31.1 Å². The smallest absolute Gasteiger partial charge is 0.343 e. The van der Waals surface area contributed by atoms with Gasteiger partial charge in [0.05, 0.1) is 11.9 Å². The Hall–Kier alpha value is -1.83. The number of ether oxygens (including phenoxy) is 1. The molecule has 0 spiro atoms. The predicted octanol–water partition coefficient (Wildman–Crippen LogP) is 1.44. The highest BCUT2D eigenvalue weighted by Crippen LogP contribution is 2.27. The van der Waals surface area contributed by atoms with E-state index in [1.54, 1.807) is 21.0 Å². The van der Waals surface area contributed by atoms with Gasteiger partial charge < -0.3 is 15.4 Å². The average Bonchev–Trinajstić information content (AvgIpc) is 2.43. The molecule has 1 rings (SSSR count). The fourth-order valence-corrected chi connectivity index (χ4v) is 2.72. The largest absolute Gasteiger partial charge is 0.462 e. The van der Waals surface area contributed by atoms with Gasteiger partial charge in [0.2, 0.25) is 5.91 Å². The number of nitrogens with two attached hydrogens (primary N) is 1. The number of carbonyl (C=O) groups is 2. The van der Waals surface area contributed by atoms with Crippen molar-refractivity contribution in [1.82, 2.24) is 14.9 Å². The maximum absolute atomic E-state index is 12.2. The van der Waals surface area contributed by atoms with Crippen LogP contribution in [0.4, 0.5) is 5.82 Å². The van der Waals surface area contributed by atoms with Gasteiger partial charge in [0, 0.05) is 20.3 Å². The van der Waals surface area contributed by atoms with Crippen LogP contribution in [0.3, 0.4) is 0 Å². The molecule has 0 bridgehead atoms. The first-order chi connectivity index (χ1) is 10.3. The SMILES string of the molecule is CCOC(=O)c1cnc(S[C@@H](C(=O)N(C)C)C(C)C)nc1N. The Labute approximate surface area is 134 Å². The van der Waals surface area contributed by atoms with Crippen molar-refractivity contribution in [2.75, 3.05) is 26.4 Å². The summed E-state index contributed by atoms with van der Waals surface area (Å²) in [6.07, 6.45) is 1.33. The van der Waals surface area contributed by atoms with Crippen LogP contribution in [0.2, 0.25) is 0 Å². The van der Waals surface area contributed by atoms with Crippen molar-refractivity contribution >= 4 is 29.5 Å². The van der Waals surface area contributed by atoms with Crippen LogP contribution in [-0.4, -0.2) is 52.7 Å². The topological polar surface area (TPSA) is 98.4 Å². The van der Waals surface area contributed by atoms with Gasteiger partial charge >= 0.3 is 5.97 Å². The Morgan fingerprint density at radius 2 is 2.05 bits per heavy atom. The molecule has 0 aromatic carbocycles. The van der Waals surface area contributed by atoms with E-state index in [0.717, 1.165) is 0 Å². The van der Waals surface area contributed by atoms with Crippen molar-refractivity contribution in [3.05, 3.63) is 11.8 Å². The molecular formula is C14H22N4O3S. The standard InChI is InChI=1S/C14H22N4O3S/c1-6-21-13(20)9-7-16-14(17-11(9)15)22-10(8(2)3)12(19)18(4)5/h7-8,10H,6H2,1-5H3,(H2,15,16,17)/t10-/m1/s1. The molecule has 0 unspecified atom stereocenters. The lowest BCUT2D eigenvalue weighted by Gasteiger charge is -2.22. The van der Waals surface area contributed by atoms with Gasteiger partial charge in [-0.25, -0.2) is 14.8 Å². The minimum atomic E-state index is -0.554. The summed E-state index contributed by atoms with van der Waals surface area (Å²) in [7, 11) is 3.41. The summed E-state index contributed by atoms with van der Waals surface area (Å²) in [4.78, 5) is 33.6. The Balaban J connectivity index is 2.96. The number of aromatic nitrogens is 2. The minimum absolute atomic E-state index is 0.0170. The summed E-state index contributed by atoms with van der Waals surface area (Å²) < 4.78 is 4.87. The number of nitrogen functional groups attached to an aromatic ring is 1. The molecular weight excluding hydrogens is 304 g/mol. The molecule has 0 fully saturated rings. The Bertz CT molecular complexity index is 549. The molecule has 0 aliphatic rings. The van der Waals surface area contributed by atoms with Crippen LogP contribution in [0.5, 0.6) is 0 Å². The van der Waals surface area contributed by atoms with Crippen molar-refractivity contribution in [2.24, 2.45) is 5.92 Å². The summed E-state index contributed by atoms with van der Waals surface area (Å²) >= 11 is 1.24. The summed E-state index contributed by atoms with van der Waals surface area (Å²) in [6, 6.07) is 0. The second-order valence-corrected chi connectivity index (χ2v) is 6.30. The zero-order valence-corrected chi connectivity index (χ0v) is 14.3. The van der Waals surface area contributed by atoms with E-state index in [1.807, 2.05) is 13.8 Å². The Kier molecular flexibility index (Phi) is 6.61. The third kappa shape index (κ3) is 4.59. The molecule has 0 saturated carbocycles. The van der Waals surface area contributed by atoms with Crippen LogP contribution in [0.25, 0.3) is 0 Å². The molecule has 7 nitrogen and oxygen atoms in total. The molecule has 122 valence electrons. The molecule has 0 aliphatic heterocycles. The number of hydrogen-bond donors (Lipinski definition) is 1. The van der Waals surface area contributed by atoms with E-state index in [4.69, 9.17) is 10.5 Å². The lowest BCUT2D eigenvalue weighted by Crippen LogP contribution is -2.35. The van der Waals surface area contributed by atoms with Gasteiger partial charge in [0.25, 0.3) is 0 Å². The minimum Gasteiger partial charge on any atom is -0.462 e. The summed E-state index contributed by atoms with van der Waals surface area (Å²) in [5.74, 6) is -0.414. The van der Waals surface area contributed by atoms with Gasteiger partial charge in [-0.3, -0.25) is 4.79 Å². The van der Waals surface area contributed by atoms with Crippen LogP contribution in [-0.2, 0) is 9.53 Å². The molecule has 1 heterocycles. The van der Waals surface area contributed by atoms with Crippen molar-refractivity contribution in [2.45, 2.75) is 31.2 Å². The van der Waals surface area contributed by atoms with Crippen LogP contribution < -0.4 is 5.73 Å². The van der Waals surface area contributed by atoms with E-state index in [2.05, 4.69) is 9.97 Å². The van der Waals surface area contributed by atoms with E-state index < -0.39 is 5.97 Å². The fourth-order valence-electron chi connectivity index (χ4n) is 1.64. The number of nitrogens with zero attached hydrogens (tertiary/aromatic N) is 3. The second kappa shape index (κ2) is 7.98. The third-order valence-corrected chi connectivity index (χ3v) is 4.22. The van der Waals surface area contributed by atoms with E-state index in [1.165, 1.54) is 22.9 Å². The number of anilines is 1. The van der Waals surface area contributed by atoms with E-state index >= 15 is 0 Å².